The molecule has 0 bridgehead atoms. The highest BCUT2D eigenvalue weighted by Gasteiger charge is 2.11. The molecule has 0 aliphatic rings. The van der Waals surface area contributed by atoms with Gasteiger partial charge >= 0.3 is 0 Å². The number of hydrogen-bond acceptors (Lipinski definition) is 4. The van der Waals surface area contributed by atoms with Gasteiger partial charge in [-0.1, -0.05) is 42.0 Å². The fraction of sp³-hybridized carbons (Fsp3) is 0.150. The van der Waals surface area contributed by atoms with E-state index < -0.39 is 0 Å². The molecule has 0 atom stereocenters. The molecule has 0 radical (unpaired) electrons. The highest BCUT2D eigenvalue weighted by atomic mass is 15.3. The van der Waals surface area contributed by atoms with Gasteiger partial charge in [-0.25, -0.2) is 14.6 Å². The summed E-state index contributed by atoms with van der Waals surface area (Å²) in [6.45, 7) is 4.87. The topological polar surface area (TPSA) is 55.6 Å². The first-order valence-electron chi connectivity index (χ1n) is 8.26. The number of aromatic nitrogens is 4. The minimum Gasteiger partial charge on any atom is -0.365 e. The zero-order valence-electron chi connectivity index (χ0n) is 14.3. The molecule has 0 unspecified atom stereocenters. The third kappa shape index (κ3) is 3.08. The fourth-order valence-electron chi connectivity index (χ4n) is 2.83. The van der Waals surface area contributed by atoms with Crippen LogP contribution in [0.3, 0.4) is 0 Å². The van der Waals surface area contributed by atoms with Gasteiger partial charge in [0.25, 0.3) is 0 Å². The zero-order chi connectivity index (χ0) is 17.2. The Balaban J connectivity index is 1.66. The van der Waals surface area contributed by atoms with Crippen LogP contribution in [0, 0.1) is 13.8 Å². The van der Waals surface area contributed by atoms with Crippen molar-refractivity contribution in [3.05, 3.63) is 77.7 Å². The summed E-state index contributed by atoms with van der Waals surface area (Å²) in [5, 5.41) is 8.82. The average molecular weight is 329 g/mol. The maximum Gasteiger partial charge on any atom is 0.168 e. The van der Waals surface area contributed by atoms with Gasteiger partial charge in [-0.05, 0) is 37.1 Å². The SMILES string of the molecule is Cc1ccc(CNc2ncnc3c2cnn3-c2cccc(C)c2)cc1. The summed E-state index contributed by atoms with van der Waals surface area (Å²) in [4.78, 5) is 8.81. The molecule has 5 heteroatoms. The molecule has 124 valence electrons. The third-order valence-electron chi connectivity index (χ3n) is 4.19. The first kappa shape index (κ1) is 15.3. The van der Waals surface area contributed by atoms with Gasteiger partial charge in [0.15, 0.2) is 5.65 Å². The molecule has 2 heterocycles. The smallest absolute Gasteiger partial charge is 0.168 e. The number of hydrogen-bond donors (Lipinski definition) is 1. The maximum absolute atomic E-state index is 4.51. The summed E-state index contributed by atoms with van der Waals surface area (Å²) in [6, 6.07) is 16.7. The van der Waals surface area contributed by atoms with Crippen LogP contribution in [0.1, 0.15) is 16.7 Å². The number of benzene rings is 2. The van der Waals surface area contributed by atoms with Crippen molar-refractivity contribution in [2.75, 3.05) is 5.32 Å². The number of aryl methyl sites for hydroxylation is 2. The lowest BCUT2D eigenvalue weighted by atomic mass is 10.1. The van der Waals surface area contributed by atoms with Crippen LogP contribution in [0.5, 0.6) is 0 Å². The van der Waals surface area contributed by atoms with Crippen LogP contribution in [-0.2, 0) is 6.54 Å². The Morgan fingerprint density at radius 2 is 1.80 bits per heavy atom. The van der Waals surface area contributed by atoms with Crippen molar-refractivity contribution in [1.29, 1.82) is 0 Å². The van der Waals surface area contributed by atoms with Crippen molar-refractivity contribution in [3.63, 3.8) is 0 Å². The largest absolute Gasteiger partial charge is 0.365 e. The minimum absolute atomic E-state index is 0.710. The molecule has 0 fully saturated rings. The summed E-state index contributed by atoms with van der Waals surface area (Å²) in [5.41, 5.74) is 5.45. The van der Waals surface area contributed by atoms with Crippen molar-refractivity contribution in [3.8, 4) is 5.69 Å². The lowest BCUT2D eigenvalue weighted by Gasteiger charge is -2.08. The number of anilines is 1. The highest BCUT2D eigenvalue weighted by Crippen LogP contribution is 2.22. The molecule has 4 aromatic rings. The van der Waals surface area contributed by atoms with Gasteiger partial charge in [0.1, 0.15) is 12.1 Å². The Labute approximate surface area is 146 Å². The molecule has 1 N–H and O–H groups in total. The maximum atomic E-state index is 4.51. The highest BCUT2D eigenvalue weighted by molar-refractivity contribution is 5.87. The van der Waals surface area contributed by atoms with Crippen molar-refractivity contribution in [2.45, 2.75) is 20.4 Å². The Morgan fingerprint density at radius 3 is 2.60 bits per heavy atom. The molecular weight excluding hydrogens is 310 g/mol. The van der Waals surface area contributed by atoms with Crippen molar-refractivity contribution in [2.24, 2.45) is 0 Å². The van der Waals surface area contributed by atoms with Crippen LogP contribution in [-0.4, -0.2) is 19.7 Å². The van der Waals surface area contributed by atoms with Crippen LogP contribution in [0.2, 0.25) is 0 Å². The Kier molecular flexibility index (Phi) is 3.90. The van der Waals surface area contributed by atoms with E-state index in [-0.39, 0.29) is 0 Å². The predicted molar refractivity (Wildman–Crippen MR) is 99.9 cm³/mol. The minimum atomic E-state index is 0.710. The van der Waals surface area contributed by atoms with Gasteiger partial charge in [-0.15, -0.1) is 0 Å². The monoisotopic (exact) mass is 329 g/mol. The van der Waals surface area contributed by atoms with Gasteiger partial charge < -0.3 is 5.32 Å². The quantitative estimate of drug-likeness (QED) is 0.614. The van der Waals surface area contributed by atoms with Crippen LogP contribution < -0.4 is 5.32 Å². The van der Waals surface area contributed by atoms with E-state index in [4.69, 9.17) is 0 Å². The van der Waals surface area contributed by atoms with Crippen LogP contribution >= 0.6 is 0 Å². The van der Waals surface area contributed by atoms with E-state index in [9.17, 15) is 0 Å². The molecule has 0 saturated carbocycles. The molecule has 0 amide bonds. The fourth-order valence-corrected chi connectivity index (χ4v) is 2.83. The van der Waals surface area contributed by atoms with Crippen molar-refractivity contribution >= 4 is 16.9 Å². The molecule has 0 spiro atoms. The van der Waals surface area contributed by atoms with Crippen molar-refractivity contribution < 1.29 is 0 Å². The van der Waals surface area contributed by atoms with Gasteiger partial charge in [0, 0.05) is 6.54 Å². The van der Waals surface area contributed by atoms with E-state index in [0.717, 1.165) is 22.5 Å². The van der Waals surface area contributed by atoms with Crippen molar-refractivity contribution in [1.82, 2.24) is 19.7 Å². The van der Waals surface area contributed by atoms with E-state index in [1.54, 1.807) is 6.33 Å². The second kappa shape index (κ2) is 6.36. The zero-order valence-corrected chi connectivity index (χ0v) is 14.3. The second-order valence-electron chi connectivity index (χ2n) is 6.19. The number of fused-ring (bicyclic) bond motifs is 1. The molecular formula is C20H19N5. The summed E-state index contributed by atoms with van der Waals surface area (Å²) in [5.74, 6) is 0.796. The molecule has 2 aromatic carbocycles. The summed E-state index contributed by atoms with van der Waals surface area (Å²) < 4.78 is 1.85. The normalized spacial score (nSPS) is 11.0. The standard InChI is InChI=1S/C20H19N5/c1-14-6-8-16(9-7-14)11-21-19-18-12-24-25(20(18)23-13-22-19)17-5-3-4-15(2)10-17/h3-10,12-13H,11H2,1-2H3,(H,21,22,23). The van der Waals surface area contributed by atoms with E-state index in [0.29, 0.717) is 6.54 Å². The van der Waals surface area contributed by atoms with Gasteiger partial charge in [0.05, 0.1) is 17.3 Å². The van der Waals surface area contributed by atoms with Crippen LogP contribution in [0.15, 0.2) is 61.1 Å². The first-order chi connectivity index (χ1) is 12.2. The molecule has 2 aromatic heterocycles. The molecule has 5 nitrogen and oxygen atoms in total. The number of nitrogens with one attached hydrogen (secondary N) is 1. The second-order valence-corrected chi connectivity index (χ2v) is 6.19. The Hall–Kier alpha value is -3.21. The molecule has 4 rings (SSSR count). The first-order valence-corrected chi connectivity index (χ1v) is 8.26. The van der Waals surface area contributed by atoms with Crippen LogP contribution in [0.4, 0.5) is 5.82 Å². The lowest BCUT2D eigenvalue weighted by Crippen LogP contribution is -2.03. The number of rotatable bonds is 4. The molecule has 25 heavy (non-hydrogen) atoms. The van der Waals surface area contributed by atoms with Crippen LogP contribution in [0.25, 0.3) is 16.7 Å². The number of nitrogens with zero attached hydrogens (tertiary/aromatic N) is 4. The lowest BCUT2D eigenvalue weighted by molar-refractivity contribution is 0.893. The van der Waals surface area contributed by atoms with E-state index in [2.05, 4.69) is 70.6 Å². The average Bonchev–Trinajstić information content (AvgIpc) is 3.06. The summed E-state index contributed by atoms with van der Waals surface area (Å²) in [6.07, 6.45) is 3.39. The molecule has 0 aliphatic carbocycles. The van der Waals surface area contributed by atoms with Gasteiger partial charge in [-0.2, -0.15) is 5.10 Å². The Morgan fingerprint density at radius 1 is 0.960 bits per heavy atom. The van der Waals surface area contributed by atoms with E-state index >= 15 is 0 Å². The molecule has 0 saturated heterocycles. The van der Waals surface area contributed by atoms with E-state index in [1.807, 2.05) is 23.0 Å². The summed E-state index contributed by atoms with van der Waals surface area (Å²) in [7, 11) is 0. The third-order valence-corrected chi connectivity index (χ3v) is 4.19. The van der Waals surface area contributed by atoms with E-state index in [1.165, 1.54) is 16.7 Å². The summed E-state index contributed by atoms with van der Waals surface area (Å²) >= 11 is 0. The Bertz CT molecular complexity index is 1020. The van der Waals surface area contributed by atoms with Gasteiger partial charge in [-0.3, -0.25) is 0 Å². The molecule has 0 aliphatic heterocycles. The predicted octanol–water partition coefficient (Wildman–Crippen LogP) is 4.04. The van der Waals surface area contributed by atoms with Gasteiger partial charge in [0.2, 0.25) is 0 Å².